The predicted octanol–water partition coefficient (Wildman–Crippen LogP) is 3.75. The van der Waals surface area contributed by atoms with Gasteiger partial charge in [0.05, 0.1) is 0 Å². The van der Waals surface area contributed by atoms with E-state index >= 15 is 0 Å². The lowest BCUT2D eigenvalue weighted by atomic mass is 9.93. The molecule has 0 radical (unpaired) electrons. The Labute approximate surface area is 124 Å². The lowest BCUT2D eigenvalue weighted by Gasteiger charge is -2.34. The Balaban J connectivity index is 2.19. The average molecular weight is 274 g/mol. The molecule has 0 bridgehead atoms. The van der Waals surface area contributed by atoms with Crippen molar-refractivity contribution in [3.8, 4) is 0 Å². The zero-order valence-electron chi connectivity index (χ0n) is 13.8. The van der Waals surface area contributed by atoms with E-state index in [1.54, 1.807) is 0 Å². The molecule has 112 valence electrons. The van der Waals surface area contributed by atoms with Crippen molar-refractivity contribution in [2.24, 2.45) is 0 Å². The van der Waals surface area contributed by atoms with Gasteiger partial charge in [-0.15, -0.1) is 0 Å². The molecule has 2 unspecified atom stereocenters. The van der Waals surface area contributed by atoms with Crippen LogP contribution in [0.2, 0.25) is 0 Å². The van der Waals surface area contributed by atoms with E-state index in [1.807, 2.05) is 0 Å². The first-order valence-electron chi connectivity index (χ1n) is 8.01. The summed E-state index contributed by atoms with van der Waals surface area (Å²) in [4.78, 5) is 2.59. The van der Waals surface area contributed by atoms with Gasteiger partial charge in [0.2, 0.25) is 0 Å². The zero-order valence-corrected chi connectivity index (χ0v) is 13.8. The average Bonchev–Trinajstić information content (AvgIpc) is 2.65. The van der Waals surface area contributed by atoms with Crippen molar-refractivity contribution >= 4 is 0 Å². The minimum absolute atomic E-state index is 0.499. The Morgan fingerprint density at radius 1 is 1.10 bits per heavy atom. The number of nitrogens with one attached hydrogen (secondary N) is 1. The van der Waals surface area contributed by atoms with Gasteiger partial charge in [-0.2, -0.15) is 0 Å². The van der Waals surface area contributed by atoms with E-state index in [1.165, 1.54) is 48.1 Å². The summed E-state index contributed by atoms with van der Waals surface area (Å²) in [5.41, 5.74) is 5.77. The van der Waals surface area contributed by atoms with Gasteiger partial charge in [-0.1, -0.05) is 17.7 Å². The molecule has 1 saturated heterocycles. The van der Waals surface area contributed by atoms with Gasteiger partial charge in [0.15, 0.2) is 0 Å². The topological polar surface area (TPSA) is 15.3 Å². The normalized spacial score (nSPS) is 21.8. The van der Waals surface area contributed by atoms with Crippen molar-refractivity contribution in [1.29, 1.82) is 0 Å². The van der Waals surface area contributed by atoms with Gasteiger partial charge in [-0.3, -0.25) is 4.90 Å². The van der Waals surface area contributed by atoms with E-state index in [9.17, 15) is 0 Å². The fraction of sp³-hybridized carbons (Fsp3) is 0.667. The first kappa shape index (κ1) is 15.5. The van der Waals surface area contributed by atoms with Crippen molar-refractivity contribution in [1.82, 2.24) is 10.2 Å². The van der Waals surface area contributed by atoms with Crippen LogP contribution in [-0.2, 0) is 0 Å². The van der Waals surface area contributed by atoms with Crippen LogP contribution in [0.15, 0.2) is 12.1 Å². The molecule has 1 heterocycles. The fourth-order valence-corrected chi connectivity index (χ4v) is 3.78. The van der Waals surface area contributed by atoms with Crippen LogP contribution in [0.5, 0.6) is 0 Å². The maximum absolute atomic E-state index is 3.51. The molecule has 2 heteroatoms. The Kier molecular flexibility index (Phi) is 5.22. The molecule has 1 N–H and O–H groups in total. The Hall–Kier alpha value is -0.860. The quantitative estimate of drug-likeness (QED) is 0.903. The number of benzene rings is 1. The van der Waals surface area contributed by atoms with Crippen molar-refractivity contribution in [2.75, 3.05) is 20.1 Å². The van der Waals surface area contributed by atoms with Crippen LogP contribution in [0.1, 0.15) is 54.5 Å². The van der Waals surface area contributed by atoms with Crippen molar-refractivity contribution in [2.45, 2.75) is 59.0 Å². The second kappa shape index (κ2) is 6.73. The van der Waals surface area contributed by atoms with E-state index < -0.39 is 0 Å². The number of nitrogens with zero attached hydrogens (tertiary/aromatic N) is 1. The van der Waals surface area contributed by atoms with Crippen molar-refractivity contribution in [3.63, 3.8) is 0 Å². The molecule has 20 heavy (non-hydrogen) atoms. The molecule has 2 nitrogen and oxygen atoms in total. The summed E-state index contributed by atoms with van der Waals surface area (Å²) in [6.07, 6.45) is 3.89. The first-order chi connectivity index (χ1) is 9.50. The molecule has 2 rings (SSSR count). The Morgan fingerprint density at radius 2 is 1.75 bits per heavy atom. The molecule has 1 fully saturated rings. The zero-order chi connectivity index (χ0) is 14.7. The van der Waals surface area contributed by atoms with Crippen LogP contribution in [0.3, 0.4) is 0 Å². The lowest BCUT2D eigenvalue weighted by molar-refractivity contribution is 0.170. The minimum Gasteiger partial charge on any atom is -0.317 e. The van der Waals surface area contributed by atoms with Gasteiger partial charge < -0.3 is 5.32 Å². The van der Waals surface area contributed by atoms with Gasteiger partial charge >= 0.3 is 0 Å². The van der Waals surface area contributed by atoms with Gasteiger partial charge in [0.25, 0.3) is 0 Å². The van der Waals surface area contributed by atoms with Gasteiger partial charge in [0.1, 0.15) is 0 Å². The molecular weight excluding hydrogens is 244 g/mol. The fourth-order valence-electron chi connectivity index (χ4n) is 3.78. The number of hydrogen-bond acceptors (Lipinski definition) is 2. The monoisotopic (exact) mass is 274 g/mol. The molecule has 0 saturated carbocycles. The van der Waals surface area contributed by atoms with Crippen LogP contribution in [0.4, 0.5) is 0 Å². The molecule has 1 aliphatic rings. The highest BCUT2D eigenvalue weighted by molar-refractivity contribution is 5.39. The predicted molar refractivity (Wildman–Crippen MR) is 87.3 cm³/mol. The molecule has 0 spiro atoms. The van der Waals surface area contributed by atoms with Crippen LogP contribution >= 0.6 is 0 Å². The van der Waals surface area contributed by atoms with Crippen LogP contribution in [0, 0.1) is 20.8 Å². The van der Waals surface area contributed by atoms with Crippen LogP contribution in [-0.4, -0.2) is 31.1 Å². The van der Waals surface area contributed by atoms with Crippen LogP contribution < -0.4 is 5.32 Å². The molecule has 1 aliphatic heterocycles. The second-order valence-corrected chi connectivity index (χ2v) is 6.49. The Morgan fingerprint density at radius 3 is 2.40 bits per heavy atom. The Bertz CT molecular complexity index is 422. The third kappa shape index (κ3) is 3.42. The highest BCUT2D eigenvalue weighted by Gasteiger charge is 2.23. The molecular formula is C18H30N2. The molecule has 2 atom stereocenters. The molecule has 0 aliphatic carbocycles. The smallest absolute Gasteiger partial charge is 0.0325 e. The van der Waals surface area contributed by atoms with E-state index in [0.29, 0.717) is 12.1 Å². The van der Waals surface area contributed by atoms with Gasteiger partial charge in [-0.25, -0.2) is 0 Å². The summed E-state index contributed by atoms with van der Waals surface area (Å²) < 4.78 is 0. The second-order valence-electron chi connectivity index (χ2n) is 6.49. The maximum Gasteiger partial charge on any atom is 0.0325 e. The molecule has 1 aromatic carbocycles. The van der Waals surface area contributed by atoms with Crippen molar-refractivity contribution < 1.29 is 0 Å². The van der Waals surface area contributed by atoms with Crippen LogP contribution in [0.25, 0.3) is 0 Å². The van der Waals surface area contributed by atoms with Gasteiger partial charge in [-0.05, 0) is 83.8 Å². The SMILES string of the molecule is Cc1cc(C)c(C(C)N(C)C2CCCNCC2)c(C)c1. The molecule has 0 aromatic heterocycles. The lowest BCUT2D eigenvalue weighted by Crippen LogP contribution is -2.35. The summed E-state index contributed by atoms with van der Waals surface area (Å²) in [5.74, 6) is 0. The number of aryl methyl sites for hydroxylation is 3. The van der Waals surface area contributed by atoms with E-state index in [0.717, 1.165) is 6.54 Å². The third-order valence-corrected chi connectivity index (χ3v) is 4.89. The van der Waals surface area contributed by atoms with Crippen molar-refractivity contribution in [3.05, 3.63) is 34.4 Å². The first-order valence-corrected chi connectivity index (χ1v) is 8.01. The summed E-state index contributed by atoms with van der Waals surface area (Å²) in [7, 11) is 2.30. The number of rotatable bonds is 3. The number of hydrogen-bond donors (Lipinski definition) is 1. The minimum atomic E-state index is 0.499. The summed E-state index contributed by atoms with van der Waals surface area (Å²) in [6.45, 7) is 11.4. The van der Waals surface area contributed by atoms with E-state index in [-0.39, 0.29) is 0 Å². The summed E-state index contributed by atoms with van der Waals surface area (Å²) in [5, 5.41) is 3.51. The summed E-state index contributed by atoms with van der Waals surface area (Å²) >= 11 is 0. The summed E-state index contributed by atoms with van der Waals surface area (Å²) in [6, 6.07) is 5.85. The highest BCUT2D eigenvalue weighted by Crippen LogP contribution is 2.30. The largest absolute Gasteiger partial charge is 0.317 e. The van der Waals surface area contributed by atoms with Gasteiger partial charge in [0, 0.05) is 12.1 Å². The molecule has 1 aromatic rings. The van der Waals surface area contributed by atoms with E-state index in [4.69, 9.17) is 0 Å². The standard InChI is InChI=1S/C18H30N2/c1-13-11-14(2)18(15(3)12-13)16(4)20(5)17-7-6-9-19-10-8-17/h11-12,16-17,19H,6-10H2,1-5H3. The maximum atomic E-state index is 3.51. The molecule has 0 amide bonds. The third-order valence-electron chi connectivity index (χ3n) is 4.89. The highest BCUT2D eigenvalue weighted by atomic mass is 15.2. The van der Waals surface area contributed by atoms with E-state index in [2.05, 4.69) is 57.1 Å².